The molecule has 3 fully saturated rings. The molecule has 4 heterocycles. The van der Waals surface area contributed by atoms with Crippen molar-refractivity contribution < 1.29 is 31.1 Å². The van der Waals surface area contributed by atoms with Gasteiger partial charge < -0.3 is 19.9 Å². The smallest absolute Gasteiger partial charge is 0.368 e. The van der Waals surface area contributed by atoms with E-state index in [2.05, 4.69) is 26.8 Å². The van der Waals surface area contributed by atoms with Gasteiger partial charge in [-0.1, -0.05) is 24.8 Å². The molecule has 46 heavy (non-hydrogen) atoms. The molecule has 0 bridgehead atoms. The summed E-state index contributed by atoms with van der Waals surface area (Å²) in [4.78, 5) is 26.5. The average Bonchev–Trinajstić information content (AvgIpc) is 3.03. The van der Waals surface area contributed by atoms with Gasteiger partial charge in [0.05, 0.1) is 18.5 Å². The van der Waals surface area contributed by atoms with Crippen LogP contribution in [0.5, 0.6) is 0 Å². The minimum atomic E-state index is -4.36. The molecular formula is C32H47F3N6O4S. The Morgan fingerprint density at radius 1 is 1.13 bits per heavy atom. The molecule has 1 aromatic heterocycles. The molecule has 256 valence electrons. The van der Waals surface area contributed by atoms with Crippen LogP contribution in [0.15, 0.2) is 42.3 Å². The summed E-state index contributed by atoms with van der Waals surface area (Å²) in [5.41, 5.74) is 0.969. The van der Waals surface area contributed by atoms with E-state index in [1.807, 2.05) is 11.8 Å². The van der Waals surface area contributed by atoms with Gasteiger partial charge in [-0.2, -0.15) is 13.2 Å². The summed E-state index contributed by atoms with van der Waals surface area (Å²) in [6.45, 7) is 10.2. The third-order valence-corrected chi connectivity index (χ3v) is 10.8. The van der Waals surface area contributed by atoms with Crippen molar-refractivity contribution in [3.8, 4) is 0 Å². The minimum Gasteiger partial charge on any atom is -0.368 e. The number of anilines is 1. The van der Waals surface area contributed by atoms with Crippen LogP contribution < -0.4 is 5.32 Å². The summed E-state index contributed by atoms with van der Waals surface area (Å²) in [5.74, 6) is 0.439. The van der Waals surface area contributed by atoms with E-state index in [1.165, 1.54) is 23.0 Å². The van der Waals surface area contributed by atoms with Crippen molar-refractivity contribution in [1.82, 2.24) is 24.1 Å². The Balaban J connectivity index is 1.26. The van der Waals surface area contributed by atoms with E-state index >= 15 is 0 Å². The standard InChI is InChI=1S/C32H47F3N6O4S/c1-22(8-6-9-23(2)32(33,34)35)28-11-7-10-27(45-28)20-36-30-24(3)29(37-21-38-30)31(42)41-18-14-26(15-19-41)40-16-12-25(13-17-40)39(4)46(5,43)44/h6,8-9,21,25-28H,1,7,10-20H2,2-5H3,(H,36,37,38)/b8-6-,23-9+/t27-,28+/m0/s1. The van der Waals surface area contributed by atoms with Gasteiger partial charge in [0.15, 0.2) is 0 Å². The summed E-state index contributed by atoms with van der Waals surface area (Å²) in [7, 11) is -1.55. The molecular weight excluding hydrogens is 621 g/mol. The molecule has 0 spiro atoms. The molecule has 3 saturated heterocycles. The highest BCUT2D eigenvalue weighted by atomic mass is 32.2. The maximum absolute atomic E-state index is 13.5. The van der Waals surface area contributed by atoms with Crippen molar-refractivity contribution in [2.45, 2.75) is 89.3 Å². The van der Waals surface area contributed by atoms with Crippen molar-refractivity contribution in [1.29, 1.82) is 0 Å². The number of aromatic nitrogens is 2. The van der Waals surface area contributed by atoms with E-state index < -0.39 is 21.8 Å². The SMILES string of the molecule is C=C(/C=C\C=C(/C)C(F)(F)F)[C@H]1CCC[C@@H](CNc2ncnc(C(=O)N3CCC(N4CCC(N(C)S(C)(=O)=O)CC4)CC3)c2C)O1. The predicted octanol–water partition coefficient (Wildman–Crippen LogP) is 4.72. The molecule has 1 amide bonds. The molecule has 1 N–H and O–H groups in total. The van der Waals surface area contributed by atoms with E-state index in [0.29, 0.717) is 48.3 Å². The lowest BCUT2D eigenvalue weighted by atomic mass is 9.97. The zero-order chi connectivity index (χ0) is 33.6. The van der Waals surface area contributed by atoms with Crippen LogP contribution in [0.4, 0.5) is 19.0 Å². The third kappa shape index (κ3) is 9.39. The number of ether oxygens (including phenoxy) is 1. The lowest BCUT2D eigenvalue weighted by Crippen LogP contribution is -2.52. The van der Waals surface area contributed by atoms with Crippen LogP contribution in [0.25, 0.3) is 0 Å². The highest BCUT2D eigenvalue weighted by Gasteiger charge is 2.34. The van der Waals surface area contributed by atoms with Gasteiger partial charge in [-0.25, -0.2) is 22.7 Å². The van der Waals surface area contributed by atoms with Crippen LogP contribution >= 0.6 is 0 Å². The Hall–Kier alpha value is -2.81. The number of piperidine rings is 2. The fourth-order valence-corrected chi connectivity index (χ4v) is 7.12. The van der Waals surface area contributed by atoms with Gasteiger partial charge in [0, 0.05) is 49.9 Å². The normalized spacial score (nSPS) is 23.3. The third-order valence-electron chi connectivity index (χ3n) is 9.45. The molecule has 3 aliphatic rings. The van der Waals surface area contributed by atoms with Crippen molar-refractivity contribution >= 4 is 21.7 Å². The predicted molar refractivity (Wildman–Crippen MR) is 172 cm³/mol. The number of hydrogen-bond donors (Lipinski definition) is 1. The van der Waals surface area contributed by atoms with Gasteiger partial charge in [-0.3, -0.25) is 4.79 Å². The first-order valence-corrected chi connectivity index (χ1v) is 17.8. The van der Waals surface area contributed by atoms with E-state index in [4.69, 9.17) is 4.74 Å². The van der Waals surface area contributed by atoms with Gasteiger partial charge in [-0.05, 0) is 77.5 Å². The number of rotatable bonds is 10. The molecule has 0 aromatic carbocycles. The maximum atomic E-state index is 13.5. The van der Waals surface area contributed by atoms with E-state index in [9.17, 15) is 26.4 Å². The number of likely N-dealkylation sites (tertiary alicyclic amines) is 2. The van der Waals surface area contributed by atoms with Gasteiger partial charge in [0.2, 0.25) is 10.0 Å². The van der Waals surface area contributed by atoms with Crippen LogP contribution in [0.1, 0.15) is 67.9 Å². The van der Waals surface area contributed by atoms with Gasteiger partial charge >= 0.3 is 6.18 Å². The van der Waals surface area contributed by atoms with E-state index in [0.717, 1.165) is 71.0 Å². The molecule has 3 aliphatic heterocycles. The van der Waals surface area contributed by atoms with Crippen molar-refractivity contribution in [2.75, 3.05) is 51.3 Å². The highest BCUT2D eigenvalue weighted by Crippen LogP contribution is 2.28. The number of halogens is 3. The Morgan fingerprint density at radius 2 is 1.80 bits per heavy atom. The molecule has 0 aliphatic carbocycles. The van der Waals surface area contributed by atoms with E-state index in [1.54, 1.807) is 13.1 Å². The van der Waals surface area contributed by atoms with Crippen LogP contribution in [0.3, 0.4) is 0 Å². The molecule has 0 unspecified atom stereocenters. The lowest BCUT2D eigenvalue weighted by molar-refractivity contribution is -0.0913. The fraction of sp³-hybridized carbons (Fsp3) is 0.656. The van der Waals surface area contributed by atoms with Crippen molar-refractivity contribution in [3.63, 3.8) is 0 Å². The van der Waals surface area contributed by atoms with Gasteiger partial charge in [0.25, 0.3) is 5.91 Å². The summed E-state index contributed by atoms with van der Waals surface area (Å²) >= 11 is 0. The number of allylic oxidation sites excluding steroid dienone is 3. The molecule has 2 atom stereocenters. The van der Waals surface area contributed by atoms with Crippen LogP contribution in [0.2, 0.25) is 0 Å². The zero-order valence-corrected chi connectivity index (χ0v) is 28.0. The minimum absolute atomic E-state index is 0.0331. The number of carbonyl (C=O) groups is 1. The van der Waals surface area contributed by atoms with E-state index in [-0.39, 0.29) is 24.2 Å². The molecule has 14 heteroatoms. The summed E-state index contributed by atoms with van der Waals surface area (Å²) < 4.78 is 69.7. The second kappa shape index (κ2) is 15.4. The Labute approximate surface area is 270 Å². The van der Waals surface area contributed by atoms with Crippen molar-refractivity contribution in [2.24, 2.45) is 0 Å². The first-order valence-electron chi connectivity index (χ1n) is 15.9. The molecule has 1 aromatic rings. The number of sulfonamides is 1. The summed E-state index contributed by atoms with van der Waals surface area (Å²) in [6, 6.07) is 0.398. The summed E-state index contributed by atoms with van der Waals surface area (Å²) in [6.07, 6.45) is 7.54. The largest absolute Gasteiger partial charge is 0.412 e. The Bertz CT molecular complexity index is 1400. The number of hydrogen-bond acceptors (Lipinski definition) is 8. The van der Waals surface area contributed by atoms with Crippen molar-refractivity contribution in [3.05, 3.63) is 53.5 Å². The fourth-order valence-electron chi connectivity index (χ4n) is 6.36. The number of nitrogens with one attached hydrogen (secondary N) is 1. The first kappa shape index (κ1) is 36.0. The molecule has 4 rings (SSSR count). The van der Waals surface area contributed by atoms with Gasteiger partial charge in [-0.15, -0.1) is 0 Å². The number of alkyl halides is 3. The monoisotopic (exact) mass is 668 g/mol. The van der Waals surface area contributed by atoms with Crippen LogP contribution in [0, 0.1) is 6.92 Å². The highest BCUT2D eigenvalue weighted by molar-refractivity contribution is 7.88. The summed E-state index contributed by atoms with van der Waals surface area (Å²) in [5, 5.41) is 3.31. The van der Waals surface area contributed by atoms with Crippen LogP contribution in [-0.4, -0.2) is 115 Å². The Morgan fingerprint density at radius 3 is 2.43 bits per heavy atom. The number of nitrogens with zero attached hydrogens (tertiary/aromatic N) is 5. The topological polar surface area (TPSA) is 108 Å². The average molecular weight is 669 g/mol. The van der Waals surface area contributed by atoms with Gasteiger partial charge in [0.1, 0.15) is 17.8 Å². The lowest BCUT2D eigenvalue weighted by Gasteiger charge is -2.43. The zero-order valence-electron chi connectivity index (χ0n) is 27.2. The van der Waals surface area contributed by atoms with Crippen LogP contribution in [-0.2, 0) is 14.8 Å². The molecule has 0 saturated carbocycles. The molecule has 10 nitrogen and oxygen atoms in total. The molecule has 0 radical (unpaired) electrons. The Kier molecular flexibility index (Phi) is 12.1. The second-order valence-electron chi connectivity index (χ2n) is 12.6. The first-order chi connectivity index (χ1) is 21.6. The maximum Gasteiger partial charge on any atom is 0.412 e. The second-order valence-corrected chi connectivity index (χ2v) is 14.6. The number of amides is 1. The quantitative estimate of drug-likeness (QED) is 0.357. The number of carbonyl (C=O) groups excluding carboxylic acids is 1.